The van der Waals surface area contributed by atoms with Crippen molar-refractivity contribution < 1.29 is 0 Å². The maximum Gasteiger partial charge on any atom is 0.191 e. The lowest BCUT2D eigenvalue weighted by Crippen LogP contribution is -2.49. The molecule has 152 valence electrons. The van der Waals surface area contributed by atoms with Gasteiger partial charge in [-0.3, -0.25) is 0 Å². The lowest BCUT2D eigenvalue weighted by molar-refractivity contribution is 0.244. The van der Waals surface area contributed by atoms with Crippen LogP contribution in [-0.2, 0) is 19.0 Å². The van der Waals surface area contributed by atoms with Crippen LogP contribution in [0, 0.1) is 6.92 Å². The van der Waals surface area contributed by atoms with E-state index in [0.29, 0.717) is 6.54 Å². The molecule has 3 rings (SSSR count). The summed E-state index contributed by atoms with van der Waals surface area (Å²) in [5.74, 6) is 3.80. The van der Waals surface area contributed by atoms with Gasteiger partial charge in [0.15, 0.2) is 11.8 Å². The highest BCUT2D eigenvalue weighted by atomic mass is 32.2. The second kappa shape index (κ2) is 9.96. The predicted octanol–water partition coefficient (Wildman–Crippen LogP) is 3.03. The van der Waals surface area contributed by atoms with Crippen LogP contribution < -0.4 is 10.6 Å². The van der Waals surface area contributed by atoms with Gasteiger partial charge in [-0.2, -0.15) is 11.8 Å². The lowest BCUT2D eigenvalue weighted by Gasteiger charge is -2.43. The highest BCUT2D eigenvalue weighted by Crippen LogP contribution is 2.43. The largest absolute Gasteiger partial charge is 0.356 e. The smallest absolute Gasteiger partial charge is 0.191 e. The Bertz CT molecular complexity index is 766. The molecule has 0 bridgehead atoms. The molecule has 6 nitrogen and oxygen atoms in total. The van der Waals surface area contributed by atoms with E-state index in [9.17, 15) is 0 Å². The van der Waals surface area contributed by atoms with Crippen LogP contribution in [0.25, 0.3) is 0 Å². The Kier molecular flexibility index (Phi) is 7.36. The normalized spacial score (nSPS) is 15.9. The molecule has 1 aromatic heterocycles. The van der Waals surface area contributed by atoms with Gasteiger partial charge in [-0.05, 0) is 43.8 Å². The Balaban J connectivity index is 1.66. The van der Waals surface area contributed by atoms with Crippen molar-refractivity contribution in [2.75, 3.05) is 25.1 Å². The van der Waals surface area contributed by atoms with Crippen LogP contribution in [-0.4, -0.2) is 45.8 Å². The number of aliphatic imine (C=N–C) groups is 1. The standard InChI is InChI=1S/C21H32N6S/c1-17-25-26-19(27(17)2)15-23-20(22-13-8-14-28-3)24-16-21(11-7-12-21)18-9-5-4-6-10-18/h4-6,9-10H,7-8,11-16H2,1-3H3,(H2,22,23,24). The van der Waals surface area contributed by atoms with Crippen molar-refractivity contribution in [3.63, 3.8) is 0 Å². The van der Waals surface area contributed by atoms with Crippen LogP contribution in [0.15, 0.2) is 35.3 Å². The van der Waals surface area contributed by atoms with Gasteiger partial charge in [0, 0.05) is 25.6 Å². The number of hydrogen-bond acceptors (Lipinski definition) is 4. The molecule has 2 N–H and O–H groups in total. The summed E-state index contributed by atoms with van der Waals surface area (Å²) >= 11 is 1.87. The Morgan fingerprint density at radius 2 is 2.00 bits per heavy atom. The zero-order chi connectivity index (χ0) is 19.8. The van der Waals surface area contributed by atoms with E-state index in [1.54, 1.807) is 0 Å². The van der Waals surface area contributed by atoms with Crippen LogP contribution in [0.4, 0.5) is 0 Å². The minimum Gasteiger partial charge on any atom is -0.356 e. The summed E-state index contributed by atoms with van der Waals surface area (Å²) in [6.45, 7) is 4.31. The molecule has 0 aliphatic heterocycles. The number of aryl methyl sites for hydroxylation is 1. The summed E-state index contributed by atoms with van der Waals surface area (Å²) in [6, 6.07) is 10.9. The first-order valence-electron chi connectivity index (χ1n) is 10.1. The highest BCUT2D eigenvalue weighted by molar-refractivity contribution is 7.98. The van der Waals surface area contributed by atoms with E-state index >= 15 is 0 Å². The number of rotatable bonds is 9. The van der Waals surface area contributed by atoms with Crippen molar-refractivity contribution in [2.45, 2.75) is 44.6 Å². The van der Waals surface area contributed by atoms with Crippen LogP contribution >= 0.6 is 11.8 Å². The predicted molar refractivity (Wildman–Crippen MR) is 118 cm³/mol. The molecule has 28 heavy (non-hydrogen) atoms. The van der Waals surface area contributed by atoms with E-state index < -0.39 is 0 Å². The molecule has 1 aliphatic carbocycles. The molecular weight excluding hydrogens is 368 g/mol. The first-order valence-corrected chi connectivity index (χ1v) is 11.5. The van der Waals surface area contributed by atoms with Crippen molar-refractivity contribution >= 4 is 17.7 Å². The summed E-state index contributed by atoms with van der Waals surface area (Å²) in [7, 11) is 1.98. The molecule has 1 fully saturated rings. The molecule has 0 amide bonds. The molecule has 0 radical (unpaired) electrons. The zero-order valence-corrected chi connectivity index (χ0v) is 18.1. The molecule has 0 saturated heterocycles. The van der Waals surface area contributed by atoms with Crippen molar-refractivity contribution in [2.24, 2.45) is 12.0 Å². The van der Waals surface area contributed by atoms with Gasteiger partial charge in [0.1, 0.15) is 12.4 Å². The van der Waals surface area contributed by atoms with E-state index in [-0.39, 0.29) is 5.41 Å². The van der Waals surface area contributed by atoms with Crippen LogP contribution in [0.1, 0.15) is 42.9 Å². The Morgan fingerprint density at radius 3 is 2.61 bits per heavy atom. The fraction of sp³-hybridized carbons (Fsp3) is 0.571. The van der Waals surface area contributed by atoms with Gasteiger partial charge in [0.2, 0.25) is 0 Å². The topological polar surface area (TPSA) is 67.1 Å². The van der Waals surface area contributed by atoms with Crippen LogP contribution in [0.2, 0.25) is 0 Å². The van der Waals surface area contributed by atoms with Gasteiger partial charge >= 0.3 is 0 Å². The first-order chi connectivity index (χ1) is 13.6. The number of thioether (sulfide) groups is 1. The van der Waals surface area contributed by atoms with E-state index in [1.807, 2.05) is 30.3 Å². The second-order valence-electron chi connectivity index (χ2n) is 7.51. The maximum absolute atomic E-state index is 4.79. The second-order valence-corrected chi connectivity index (χ2v) is 8.50. The number of nitrogens with zero attached hydrogens (tertiary/aromatic N) is 4. The lowest BCUT2D eigenvalue weighted by atomic mass is 9.64. The minimum absolute atomic E-state index is 0.227. The maximum atomic E-state index is 4.79. The summed E-state index contributed by atoms with van der Waals surface area (Å²) in [4.78, 5) is 4.79. The number of benzene rings is 1. The molecule has 0 unspecified atom stereocenters. The summed E-state index contributed by atoms with van der Waals surface area (Å²) in [6.07, 6.45) is 7.01. The average molecular weight is 401 g/mol. The average Bonchev–Trinajstić information content (AvgIpc) is 3.00. The fourth-order valence-electron chi connectivity index (χ4n) is 3.55. The van der Waals surface area contributed by atoms with Crippen molar-refractivity contribution in [1.82, 2.24) is 25.4 Å². The monoisotopic (exact) mass is 400 g/mol. The molecule has 1 saturated carbocycles. The summed E-state index contributed by atoms with van der Waals surface area (Å²) in [5.41, 5.74) is 1.66. The molecule has 1 aromatic carbocycles. The van der Waals surface area contributed by atoms with E-state index in [1.165, 1.54) is 24.8 Å². The van der Waals surface area contributed by atoms with Gasteiger partial charge in [0.05, 0.1) is 0 Å². The molecule has 1 heterocycles. The van der Waals surface area contributed by atoms with Crippen LogP contribution in [0.5, 0.6) is 0 Å². The molecule has 0 atom stereocenters. The molecule has 1 aliphatic rings. The number of guanidine groups is 1. The van der Waals surface area contributed by atoms with E-state index in [2.05, 4.69) is 57.4 Å². The van der Waals surface area contributed by atoms with Gasteiger partial charge < -0.3 is 15.2 Å². The zero-order valence-electron chi connectivity index (χ0n) is 17.2. The fourth-order valence-corrected chi connectivity index (χ4v) is 3.98. The minimum atomic E-state index is 0.227. The van der Waals surface area contributed by atoms with Crippen molar-refractivity contribution in [1.29, 1.82) is 0 Å². The third-order valence-corrected chi connectivity index (χ3v) is 6.37. The van der Waals surface area contributed by atoms with Gasteiger partial charge in [-0.1, -0.05) is 36.8 Å². The quantitative estimate of drug-likeness (QED) is 0.385. The molecular formula is C21H32N6S. The molecule has 7 heteroatoms. The Hall–Kier alpha value is -2.02. The highest BCUT2D eigenvalue weighted by Gasteiger charge is 2.38. The number of hydrogen-bond donors (Lipinski definition) is 2. The van der Waals surface area contributed by atoms with Gasteiger partial charge in [-0.15, -0.1) is 10.2 Å². The van der Waals surface area contributed by atoms with Crippen molar-refractivity contribution in [3.8, 4) is 0 Å². The number of aromatic nitrogens is 3. The van der Waals surface area contributed by atoms with Crippen molar-refractivity contribution in [3.05, 3.63) is 47.5 Å². The molecule has 0 spiro atoms. The van der Waals surface area contributed by atoms with Gasteiger partial charge in [0.25, 0.3) is 0 Å². The van der Waals surface area contributed by atoms with E-state index in [4.69, 9.17) is 4.99 Å². The SMILES string of the molecule is CSCCCNC(=NCc1nnc(C)n1C)NCC1(c2ccccc2)CCC1. The Labute approximate surface area is 172 Å². The summed E-state index contributed by atoms with van der Waals surface area (Å²) < 4.78 is 1.99. The van der Waals surface area contributed by atoms with Gasteiger partial charge in [-0.25, -0.2) is 4.99 Å². The third-order valence-electron chi connectivity index (χ3n) is 5.67. The third kappa shape index (κ3) is 5.07. The van der Waals surface area contributed by atoms with Crippen LogP contribution in [0.3, 0.4) is 0 Å². The summed E-state index contributed by atoms with van der Waals surface area (Å²) in [5, 5.41) is 15.5. The first kappa shape index (κ1) is 20.7. The Morgan fingerprint density at radius 1 is 1.21 bits per heavy atom. The number of nitrogens with one attached hydrogen (secondary N) is 2. The van der Waals surface area contributed by atoms with E-state index in [0.717, 1.165) is 42.9 Å². The molecule has 2 aromatic rings.